The molecule has 0 aliphatic carbocycles. The fourth-order valence-corrected chi connectivity index (χ4v) is 2.09. The number of rotatable bonds is 5. The lowest BCUT2D eigenvalue weighted by atomic mass is 9.97. The first-order chi connectivity index (χ1) is 7.65. The third-order valence-corrected chi connectivity index (χ3v) is 2.81. The minimum absolute atomic E-state index is 0.589. The molecule has 1 aromatic rings. The second-order valence-electron chi connectivity index (χ2n) is 4.29. The van der Waals surface area contributed by atoms with Crippen LogP contribution in [0.5, 0.6) is 0 Å². The molecule has 1 N–H and O–H groups in total. The van der Waals surface area contributed by atoms with Gasteiger partial charge < -0.3 is 5.32 Å². The van der Waals surface area contributed by atoms with Gasteiger partial charge >= 0.3 is 0 Å². The van der Waals surface area contributed by atoms with E-state index in [1.54, 1.807) is 0 Å². The normalized spacial score (nSPS) is 10.1. The molecule has 1 aromatic carbocycles. The average Bonchev–Trinajstić information content (AvgIpc) is 2.20. The molecule has 2 heteroatoms. The molecular weight excluding hydrogens is 196 g/mol. The van der Waals surface area contributed by atoms with Gasteiger partial charge in [0.2, 0.25) is 0 Å². The van der Waals surface area contributed by atoms with Gasteiger partial charge in [0.15, 0.2) is 0 Å². The molecule has 0 aromatic heterocycles. The lowest BCUT2D eigenvalue weighted by molar-refractivity contribution is 0.689. The number of nitriles is 1. The summed E-state index contributed by atoms with van der Waals surface area (Å²) in [5, 5.41) is 11.7. The fraction of sp³-hybridized carbons (Fsp3) is 0.500. The Morgan fingerprint density at radius 2 is 1.75 bits per heavy atom. The Morgan fingerprint density at radius 1 is 1.12 bits per heavy atom. The van der Waals surface area contributed by atoms with Crippen LogP contribution in [0.2, 0.25) is 0 Å². The maximum atomic E-state index is 8.41. The predicted molar refractivity (Wildman–Crippen MR) is 67.5 cm³/mol. The molecule has 0 atom stereocenters. The van der Waals surface area contributed by atoms with Crippen LogP contribution in [0.4, 0.5) is 0 Å². The zero-order valence-corrected chi connectivity index (χ0v) is 10.4. The zero-order valence-electron chi connectivity index (χ0n) is 10.4. The molecule has 0 aliphatic heterocycles. The van der Waals surface area contributed by atoms with Crippen LogP contribution in [0.15, 0.2) is 12.1 Å². The van der Waals surface area contributed by atoms with Gasteiger partial charge in [-0.05, 0) is 50.4 Å². The van der Waals surface area contributed by atoms with E-state index in [4.69, 9.17) is 5.26 Å². The topological polar surface area (TPSA) is 35.8 Å². The van der Waals surface area contributed by atoms with Crippen molar-refractivity contribution in [1.82, 2.24) is 5.32 Å². The van der Waals surface area contributed by atoms with Crippen molar-refractivity contribution in [3.8, 4) is 6.07 Å². The summed E-state index contributed by atoms with van der Waals surface area (Å²) in [5.74, 6) is 0. The molecule has 86 valence electrons. The van der Waals surface area contributed by atoms with E-state index in [0.29, 0.717) is 6.42 Å². The molecule has 0 bridgehead atoms. The van der Waals surface area contributed by atoms with Gasteiger partial charge in [0.1, 0.15) is 0 Å². The highest BCUT2D eigenvalue weighted by molar-refractivity contribution is 5.37. The van der Waals surface area contributed by atoms with Crippen molar-refractivity contribution in [2.75, 3.05) is 13.1 Å². The van der Waals surface area contributed by atoms with E-state index in [0.717, 1.165) is 19.5 Å². The number of nitrogens with one attached hydrogen (secondary N) is 1. The van der Waals surface area contributed by atoms with Crippen molar-refractivity contribution < 1.29 is 0 Å². The number of hydrogen-bond acceptors (Lipinski definition) is 2. The Morgan fingerprint density at radius 3 is 2.31 bits per heavy atom. The smallest absolute Gasteiger partial charge is 0.0635 e. The molecule has 1 rings (SSSR count). The highest BCUT2D eigenvalue weighted by Crippen LogP contribution is 2.16. The molecular formula is C14H20N2. The Labute approximate surface area is 98.3 Å². The second kappa shape index (κ2) is 6.30. The maximum Gasteiger partial charge on any atom is 0.0635 e. The monoisotopic (exact) mass is 216 g/mol. The van der Waals surface area contributed by atoms with E-state index >= 15 is 0 Å². The van der Waals surface area contributed by atoms with Gasteiger partial charge in [0.25, 0.3) is 0 Å². The summed E-state index contributed by atoms with van der Waals surface area (Å²) < 4.78 is 0. The lowest BCUT2D eigenvalue weighted by Gasteiger charge is -2.11. The predicted octanol–water partition coefficient (Wildman–Crippen LogP) is 2.66. The Hall–Kier alpha value is -1.33. The highest BCUT2D eigenvalue weighted by Gasteiger charge is 2.02. The minimum Gasteiger partial charge on any atom is -0.315 e. The Bertz CT molecular complexity index is 365. The number of benzene rings is 1. The molecule has 0 fully saturated rings. The molecule has 0 saturated carbocycles. The van der Waals surface area contributed by atoms with Crippen molar-refractivity contribution in [1.29, 1.82) is 5.26 Å². The third-order valence-electron chi connectivity index (χ3n) is 2.81. The van der Waals surface area contributed by atoms with Gasteiger partial charge in [0, 0.05) is 13.0 Å². The van der Waals surface area contributed by atoms with Crippen molar-refractivity contribution in [2.24, 2.45) is 0 Å². The third kappa shape index (κ3) is 3.67. The van der Waals surface area contributed by atoms with Crippen molar-refractivity contribution >= 4 is 0 Å². The van der Waals surface area contributed by atoms with Crippen LogP contribution in [-0.2, 0) is 6.42 Å². The van der Waals surface area contributed by atoms with Gasteiger partial charge in [-0.1, -0.05) is 17.7 Å². The van der Waals surface area contributed by atoms with E-state index in [2.05, 4.69) is 44.3 Å². The second-order valence-corrected chi connectivity index (χ2v) is 4.29. The highest BCUT2D eigenvalue weighted by atomic mass is 14.8. The van der Waals surface area contributed by atoms with Crippen LogP contribution in [0, 0.1) is 32.1 Å². The first-order valence-electron chi connectivity index (χ1n) is 5.79. The van der Waals surface area contributed by atoms with Crippen molar-refractivity contribution in [3.05, 3.63) is 34.4 Å². The van der Waals surface area contributed by atoms with Gasteiger partial charge in [-0.25, -0.2) is 0 Å². The summed E-state index contributed by atoms with van der Waals surface area (Å²) in [6, 6.07) is 6.60. The van der Waals surface area contributed by atoms with Crippen LogP contribution in [-0.4, -0.2) is 13.1 Å². The molecule has 0 amide bonds. The largest absolute Gasteiger partial charge is 0.315 e. The SMILES string of the molecule is Cc1cc(C)c(CCNCCC#N)c(C)c1. The van der Waals surface area contributed by atoms with Gasteiger partial charge in [-0.2, -0.15) is 5.26 Å². The Balaban J connectivity index is 2.51. The first-order valence-corrected chi connectivity index (χ1v) is 5.79. The van der Waals surface area contributed by atoms with Crippen LogP contribution >= 0.6 is 0 Å². The average molecular weight is 216 g/mol. The first kappa shape index (κ1) is 12.7. The summed E-state index contributed by atoms with van der Waals surface area (Å²) in [5.41, 5.74) is 5.52. The van der Waals surface area contributed by atoms with Crippen LogP contribution in [0.1, 0.15) is 28.7 Å². The van der Waals surface area contributed by atoms with E-state index in [1.165, 1.54) is 22.3 Å². The molecule has 2 nitrogen and oxygen atoms in total. The summed E-state index contributed by atoms with van der Waals surface area (Å²) in [6.07, 6.45) is 1.63. The summed E-state index contributed by atoms with van der Waals surface area (Å²) in [6.45, 7) is 8.22. The molecule has 0 heterocycles. The molecule has 0 aliphatic rings. The number of aryl methyl sites for hydroxylation is 3. The minimum atomic E-state index is 0.589. The van der Waals surface area contributed by atoms with E-state index in [-0.39, 0.29) is 0 Å². The van der Waals surface area contributed by atoms with Gasteiger partial charge in [-0.15, -0.1) is 0 Å². The molecule has 0 radical (unpaired) electrons. The van der Waals surface area contributed by atoms with Crippen molar-refractivity contribution in [2.45, 2.75) is 33.6 Å². The van der Waals surface area contributed by atoms with Crippen LogP contribution in [0.25, 0.3) is 0 Å². The van der Waals surface area contributed by atoms with E-state index < -0.39 is 0 Å². The molecule has 0 unspecified atom stereocenters. The lowest BCUT2D eigenvalue weighted by Crippen LogP contribution is -2.18. The summed E-state index contributed by atoms with van der Waals surface area (Å²) in [7, 11) is 0. The van der Waals surface area contributed by atoms with Crippen molar-refractivity contribution in [3.63, 3.8) is 0 Å². The molecule has 0 saturated heterocycles. The summed E-state index contributed by atoms with van der Waals surface area (Å²) >= 11 is 0. The van der Waals surface area contributed by atoms with Crippen LogP contribution in [0.3, 0.4) is 0 Å². The number of nitrogens with zero attached hydrogens (tertiary/aromatic N) is 1. The summed E-state index contributed by atoms with van der Waals surface area (Å²) in [4.78, 5) is 0. The standard InChI is InChI=1S/C14H20N2/c1-11-9-12(2)14(13(3)10-11)5-8-16-7-4-6-15/h9-10,16H,4-5,7-8H2,1-3H3. The fourth-order valence-electron chi connectivity index (χ4n) is 2.09. The van der Waals surface area contributed by atoms with E-state index in [9.17, 15) is 0 Å². The van der Waals surface area contributed by atoms with Crippen LogP contribution < -0.4 is 5.32 Å². The maximum absolute atomic E-state index is 8.41. The van der Waals surface area contributed by atoms with Gasteiger partial charge in [-0.3, -0.25) is 0 Å². The Kier molecular flexibility index (Phi) is 5.01. The zero-order chi connectivity index (χ0) is 12.0. The quantitative estimate of drug-likeness (QED) is 0.768. The van der Waals surface area contributed by atoms with Gasteiger partial charge in [0.05, 0.1) is 6.07 Å². The molecule has 16 heavy (non-hydrogen) atoms. The molecule has 0 spiro atoms. The van der Waals surface area contributed by atoms with E-state index in [1.807, 2.05) is 0 Å². The number of hydrogen-bond donors (Lipinski definition) is 1.